The van der Waals surface area contributed by atoms with Crippen molar-refractivity contribution >= 4 is 22.6 Å². The summed E-state index contributed by atoms with van der Waals surface area (Å²) in [6.45, 7) is 4.88. The standard InChI is InChI=1S/C19H19N3O4/c1-11-17(12(2)26-22-11)19(24)21-20-18(23)13(3)25-16-9-8-14-6-4-5-7-15(14)10-16/h4-10,13H,1-3H3,(H,20,23)(H,21,24). The van der Waals surface area contributed by atoms with Gasteiger partial charge in [-0.05, 0) is 43.7 Å². The monoisotopic (exact) mass is 353 g/mol. The lowest BCUT2D eigenvalue weighted by molar-refractivity contribution is -0.128. The summed E-state index contributed by atoms with van der Waals surface area (Å²) >= 11 is 0. The third-order valence-corrected chi connectivity index (χ3v) is 3.96. The highest BCUT2D eigenvalue weighted by molar-refractivity contribution is 5.97. The fourth-order valence-corrected chi connectivity index (χ4v) is 2.59. The number of rotatable bonds is 4. The number of aryl methyl sites for hydroxylation is 2. The number of benzene rings is 2. The third kappa shape index (κ3) is 3.66. The summed E-state index contributed by atoms with van der Waals surface area (Å²) in [6.07, 6.45) is -0.791. The maximum absolute atomic E-state index is 12.2. The maximum atomic E-state index is 12.2. The molecule has 2 amide bonds. The van der Waals surface area contributed by atoms with Gasteiger partial charge in [0.05, 0.1) is 5.69 Å². The zero-order valence-corrected chi connectivity index (χ0v) is 14.7. The van der Waals surface area contributed by atoms with E-state index < -0.39 is 17.9 Å². The van der Waals surface area contributed by atoms with Gasteiger partial charge >= 0.3 is 0 Å². The number of fused-ring (bicyclic) bond motifs is 1. The van der Waals surface area contributed by atoms with Gasteiger partial charge in [0.15, 0.2) is 6.10 Å². The largest absolute Gasteiger partial charge is 0.481 e. The summed E-state index contributed by atoms with van der Waals surface area (Å²) in [5, 5.41) is 5.81. The SMILES string of the molecule is Cc1noc(C)c1C(=O)NNC(=O)C(C)Oc1ccc2ccccc2c1. The van der Waals surface area contributed by atoms with Crippen LogP contribution in [0.15, 0.2) is 47.0 Å². The summed E-state index contributed by atoms with van der Waals surface area (Å²) in [5.74, 6) is -0.0103. The van der Waals surface area contributed by atoms with Crippen LogP contribution in [0.4, 0.5) is 0 Å². The molecule has 2 aromatic carbocycles. The molecule has 3 aromatic rings. The van der Waals surface area contributed by atoms with Crippen LogP contribution >= 0.6 is 0 Å². The number of nitrogens with one attached hydrogen (secondary N) is 2. The number of carbonyl (C=O) groups is 2. The van der Waals surface area contributed by atoms with Crippen LogP contribution in [0.1, 0.15) is 28.7 Å². The molecule has 1 heterocycles. The zero-order chi connectivity index (χ0) is 18.7. The molecule has 134 valence electrons. The lowest BCUT2D eigenvalue weighted by Crippen LogP contribution is -2.47. The Kier molecular flexibility index (Phi) is 4.88. The van der Waals surface area contributed by atoms with Crippen LogP contribution < -0.4 is 15.6 Å². The Morgan fingerprint density at radius 1 is 1.08 bits per heavy atom. The first-order valence-electron chi connectivity index (χ1n) is 8.14. The van der Waals surface area contributed by atoms with Gasteiger partial charge in [-0.15, -0.1) is 0 Å². The lowest BCUT2D eigenvalue weighted by atomic mass is 10.1. The normalized spacial score (nSPS) is 11.8. The fourth-order valence-electron chi connectivity index (χ4n) is 2.59. The van der Waals surface area contributed by atoms with E-state index in [4.69, 9.17) is 9.26 Å². The van der Waals surface area contributed by atoms with Crippen LogP contribution in [0, 0.1) is 13.8 Å². The Balaban J connectivity index is 1.59. The van der Waals surface area contributed by atoms with Crippen LogP contribution in [0.25, 0.3) is 10.8 Å². The second-order valence-corrected chi connectivity index (χ2v) is 5.91. The third-order valence-electron chi connectivity index (χ3n) is 3.96. The van der Waals surface area contributed by atoms with Gasteiger partial charge in [0.1, 0.15) is 17.1 Å². The molecule has 1 aromatic heterocycles. The van der Waals surface area contributed by atoms with Crippen LogP contribution in [-0.4, -0.2) is 23.1 Å². The molecule has 26 heavy (non-hydrogen) atoms. The smallest absolute Gasteiger partial charge is 0.279 e. The summed E-state index contributed by atoms with van der Waals surface area (Å²) in [7, 11) is 0. The van der Waals surface area contributed by atoms with Crippen LogP contribution in [0.3, 0.4) is 0 Å². The Labute approximate surface area is 150 Å². The van der Waals surface area contributed by atoms with E-state index in [2.05, 4.69) is 16.0 Å². The van der Waals surface area contributed by atoms with E-state index in [1.54, 1.807) is 26.8 Å². The summed E-state index contributed by atoms with van der Waals surface area (Å²) in [6, 6.07) is 13.5. The summed E-state index contributed by atoms with van der Waals surface area (Å²) < 4.78 is 10.6. The summed E-state index contributed by atoms with van der Waals surface area (Å²) in [4.78, 5) is 24.3. The van der Waals surface area contributed by atoms with Crippen LogP contribution in [0.2, 0.25) is 0 Å². The van der Waals surface area contributed by atoms with Gasteiger partial charge in [-0.2, -0.15) is 0 Å². The fraction of sp³-hybridized carbons (Fsp3) is 0.211. The van der Waals surface area contributed by atoms with Gasteiger partial charge in [-0.1, -0.05) is 35.5 Å². The molecule has 0 bridgehead atoms. The van der Waals surface area contributed by atoms with Gasteiger partial charge in [-0.3, -0.25) is 20.4 Å². The second-order valence-electron chi connectivity index (χ2n) is 5.91. The first-order chi connectivity index (χ1) is 12.5. The molecule has 0 aliphatic heterocycles. The van der Waals surface area contributed by atoms with Crippen molar-refractivity contribution in [1.82, 2.24) is 16.0 Å². The molecule has 7 nitrogen and oxygen atoms in total. The maximum Gasteiger partial charge on any atom is 0.279 e. The Hall–Kier alpha value is -3.35. The molecule has 0 radical (unpaired) electrons. The number of ether oxygens (including phenoxy) is 1. The van der Waals surface area contributed by atoms with Crippen molar-refractivity contribution in [3.63, 3.8) is 0 Å². The van der Waals surface area contributed by atoms with E-state index in [-0.39, 0.29) is 0 Å². The average molecular weight is 353 g/mol. The van der Waals surface area contributed by atoms with Crippen LogP contribution in [-0.2, 0) is 4.79 Å². The predicted molar refractivity (Wildman–Crippen MR) is 95.6 cm³/mol. The molecular weight excluding hydrogens is 334 g/mol. The summed E-state index contributed by atoms with van der Waals surface area (Å²) in [5.41, 5.74) is 5.45. The number of nitrogens with zero attached hydrogens (tertiary/aromatic N) is 1. The van der Waals surface area contributed by atoms with Gasteiger partial charge in [0.2, 0.25) is 0 Å². The predicted octanol–water partition coefficient (Wildman–Crippen LogP) is 2.67. The first-order valence-corrected chi connectivity index (χ1v) is 8.14. The minimum atomic E-state index is -0.791. The minimum absolute atomic E-state index is 0.299. The second kappa shape index (κ2) is 7.26. The molecule has 7 heteroatoms. The van der Waals surface area contributed by atoms with Crippen molar-refractivity contribution in [3.05, 3.63) is 59.5 Å². The molecule has 0 aliphatic carbocycles. The van der Waals surface area contributed by atoms with Crippen molar-refractivity contribution in [2.75, 3.05) is 0 Å². The number of amides is 2. The van der Waals surface area contributed by atoms with E-state index in [0.29, 0.717) is 22.8 Å². The molecule has 2 N–H and O–H groups in total. The van der Waals surface area contributed by atoms with E-state index in [1.165, 1.54) is 0 Å². The highest BCUT2D eigenvalue weighted by Gasteiger charge is 2.20. The number of aromatic nitrogens is 1. The van der Waals surface area contributed by atoms with Crippen molar-refractivity contribution in [1.29, 1.82) is 0 Å². The lowest BCUT2D eigenvalue weighted by Gasteiger charge is -2.15. The van der Waals surface area contributed by atoms with Gasteiger partial charge in [0, 0.05) is 0 Å². The molecule has 1 atom stereocenters. The Morgan fingerprint density at radius 3 is 2.50 bits per heavy atom. The highest BCUT2D eigenvalue weighted by Crippen LogP contribution is 2.21. The first kappa shape index (κ1) is 17.5. The van der Waals surface area contributed by atoms with Crippen molar-refractivity contribution in [2.45, 2.75) is 26.9 Å². The topological polar surface area (TPSA) is 93.5 Å². The molecule has 0 saturated heterocycles. The van der Waals surface area contributed by atoms with E-state index >= 15 is 0 Å². The molecule has 1 unspecified atom stereocenters. The number of hydrogen-bond acceptors (Lipinski definition) is 5. The van der Waals surface area contributed by atoms with E-state index in [0.717, 1.165) is 10.8 Å². The van der Waals surface area contributed by atoms with Crippen molar-refractivity contribution in [2.24, 2.45) is 0 Å². The molecule has 0 aliphatic rings. The number of carbonyl (C=O) groups excluding carboxylic acids is 2. The Bertz CT molecular complexity index is 945. The quantitative estimate of drug-likeness (QED) is 0.704. The zero-order valence-electron chi connectivity index (χ0n) is 14.7. The molecule has 3 rings (SSSR count). The highest BCUT2D eigenvalue weighted by atomic mass is 16.5. The molecule has 0 spiro atoms. The Morgan fingerprint density at radius 2 is 1.81 bits per heavy atom. The van der Waals surface area contributed by atoms with Crippen LogP contribution in [0.5, 0.6) is 5.75 Å². The molecular formula is C19H19N3O4. The van der Waals surface area contributed by atoms with E-state index in [1.807, 2.05) is 36.4 Å². The van der Waals surface area contributed by atoms with Gasteiger partial charge < -0.3 is 9.26 Å². The molecule has 0 fully saturated rings. The van der Waals surface area contributed by atoms with E-state index in [9.17, 15) is 9.59 Å². The molecule has 0 saturated carbocycles. The van der Waals surface area contributed by atoms with Crippen molar-refractivity contribution < 1.29 is 18.8 Å². The van der Waals surface area contributed by atoms with Gasteiger partial charge in [0.25, 0.3) is 11.8 Å². The average Bonchev–Trinajstić information content (AvgIpc) is 2.97. The number of hydrogen-bond donors (Lipinski definition) is 2. The minimum Gasteiger partial charge on any atom is -0.481 e. The number of hydrazine groups is 1. The van der Waals surface area contributed by atoms with Gasteiger partial charge in [-0.25, -0.2) is 0 Å². The van der Waals surface area contributed by atoms with Crippen molar-refractivity contribution in [3.8, 4) is 5.75 Å².